The van der Waals surface area contributed by atoms with Gasteiger partial charge >= 0.3 is 0 Å². The number of nitrogens with one attached hydrogen (secondary N) is 1. The van der Waals surface area contributed by atoms with Crippen LogP contribution in [0.4, 0.5) is 5.69 Å². The van der Waals surface area contributed by atoms with E-state index >= 15 is 0 Å². The van der Waals surface area contributed by atoms with Crippen molar-refractivity contribution in [3.63, 3.8) is 0 Å². The zero-order valence-corrected chi connectivity index (χ0v) is 24.3. The van der Waals surface area contributed by atoms with Gasteiger partial charge in [0.25, 0.3) is 0 Å². The third kappa shape index (κ3) is 9.51. The molecule has 2 amide bonds. The number of hydrogen-bond donors (Lipinski definition) is 1. The molecule has 2 rings (SSSR count). The second kappa shape index (κ2) is 14.6. The van der Waals surface area contributed by atoms with Gasteiger partial charge in [0, 0.05) is 36.1 Å². The molecular weight excluding hydrogens is 533 g/mol. The maximum atomic E-state index is 13.5. The van der Waals surface area contributed by atoms with Crippen LogP contribution in [0.5, 0.6) is 0 Å². The van der Waals surface area contributed by atoms with E-state index in [-0.39, 0.29) is 31.3 Å². The first-order chi connectivity index (χ1) is 17.5. The molecule has 0 radical (unpaired) electrons. The fourth-order valence-electron chi connectivity index (χ4n) is 4.05. The van der Waals surface area contributed by atoms with E-state index in [4.69, 9.17) is 23.2 Å². The Kier molecular flexibility index (Phi) is 12.2. The van der Waals surface area contributed by atoms with Crippen molar-refractivity contribution in [1.29, 1.82) is 0 Å². The number of carbonyl (C=O) groups is 2. The van der Waals surface area contributed by atoms with E-state index in [0.717, 1.165) is 24.7 Å². The SMILES string of the molecule is CCCCNC(=O)[C@@H](CC)N(Cc1ccc(Cl)cc1Cl)C(=O)CCCN(c1cccc(C)c1)S(C)(=O)=O. The highest BCUT2D eigenvalue weighted by Crippen LogP contribution is 2.25. The molecule has 37 heavy (non-hydrogen) atoms. The van der Waals surface area contributed by atoms with E-state index in [2.05, 4.69) is 5.32 Å². The van der Waals surface area contributed by atoms with Crippen LogP contribution in [0.25, 0.3) is 0 Å². The van der Waals surface area contributed by atoms with Crippen LogP contribution in [0.15, 0.2) is 42.5 Å². The van der Waals surface area contributed by atoms with Gasteiger partial charge < -0.3 is 10.2 Å². The lowest BCUT2D eigenvalue weighted by Gasteiger charge is -2.31. The van der Waals surface area contributed by atoms with E-state index in [1.807, 2.05) is 26.8 Å². The lowest BCUT2D eigenvalue weighted by Crippen LogP contribution is -2.49. The molecule has 0 fully saturated rings. The molecule has 204 valence electrons. The van der Waals surface area contributed by atoms with Crippen LogP contribution >= 0.6 is 23.2 Å². The molecule has 0 unspecified atom stereocenters. The molecule has 10 heteroatoms. The number of halogens is 2. The minimum Gasteiger partial charge on any atom is -0.354 e. The van der Waals surface area contributed by atoms with E-state index in [9.17, 15) is 18.0 Å². The standard InChI is InChI=1S/C27H37Cl2N3O4S/c1-5-7-15-30-27(34)25(6-2)31(19-21-13-14-22(28)18-24(21)29)26(33)12-9-16-32(37(4,35)36)23-11-8-10-20(3)17-23/h8,10-11,13-14,17-18,25H,5-7,9,12,15-16,19H2,1-4H3,(H,30,34)/t25-/m1/s1. The van der Waals surface area contributed by atoms with Crippen LogP contribution in [-0.2, 0) is 26.2 Å². The van der Waals surface area contributed by atoms with Crippen molar-refractivity contribution in [3.05, 3.63) is 63.6 Å². The number of anilines is 1. The Morgan fingerprint density at radius 2 is 1.78 bits per heavy atom. The van der Waals surface area contributed by atoms with Crippen LogP contribution < -0.4 is 9.62 Å². The third-order valence-electron chi connectivity index (χ3n) is 6.01. The van der Waals surface area contributed by atoms with Crippen molar-refractivity contribution < 1.29 is 18.0 Å². The lowest BCUT2D eigenvalue weighted by molar-refractivity contribution is -0.141. The number of hydrogen-bond acceptors (Lipinski definition) is 4. The predicted molar refractivity (Wildman–Crippen MR) is 152 cm³/mol. The monoisotopic (exact) mass is 569 g/mol. The summed E-state index contributed by atoms with van der Waals surface area (Å²) in [6.45, 7) is 6.61. The smallest absolute Gasteiger partial charge is 0.242 e. The van der Waals surface area contributed by atoms with E-state index < -0.39 is 16.1 Å². The average Bonchev–Trinajstić information content (AvgIpc) is 2.82. The molecular formula is C27H37Cl2N3O4S. The van der Waals surface area contributed by atoms with Gasteiger partial charge in [0.1, 0.15) is 6.04 Å². The Morgan fingerprint density at radius 1 is 1.05 bits per heavy atom. The molecule has 0 aromatic heterocycles. The summed E-state index contributed by atoms with van der Waals surface area (Å²) in [6.07, 6.45) is 3.73. The van der Waals surface area contributed by atoms with Crippen molar-refractivity contribution in [3.8, 4) is 0 Å². The van der Waals surface area contributed by atoms with Gasteiger partial charge in [0.15, 0.2) is 0 Å². The van der Waals surface area contributed by atoms with Crippen LogP contribution in [0.2, 0.25) is 10.0 Å². The van der Waals surface area contributed by atoms with Crippen LogP contribution in [-0.4, -0.2) is 50.5 Å². The Labute approximate surface area is 231 Å². The second-order valence-electron chi connectivity index (χ2n) is 9.10. The highest BCUT2D eigenvalue weighted by molar-refractivity contribution is 7.92. The van der Waals surface area contributed by atoms with Crippen molar-refractivity contribution in [1.82, 2.24) is 10.2 Å². The minimum atomic E-state index is -3.54. The van der Waals surface area contributed by atoms with Gasteiger partial charge in [-0.05, 0) is 61.6 Å². The summed E-state index contributed by atoms with van der Waals surface area (Å²) in [5, 5.41) is 3.82. The number of amides is 2. The minimum absolute atomic E-state index is 0.0712. The number of unbranched alkanes of at least 4 members (excludes halogenated alkanes) is 1. The summed E-state index contributed by atoms with van der Waals surface area (Å²) in [5.41, 5.74) is 2.17. The quantitative estimate of drug-likeness (QED) is 0.301. The van der Waals surface area contributed by atoms with Crippen molar-refractivity contribution in [2.24, 2.45) is 0 Å². The molecule has 0 aliphatic carbocycles. The molecule has 0 saturated heterocycles. The molecule has 0 heterocycles. The molecule has 7 nitrogen and oxygen atoms in total. The van der Waals surface area contributed by atoms with Crippen LogP contribution in [0, 0.1) is 6.92 Å². The van der Waals surface area contributed by atoms with Gasteiger partial charge in [-0.25, -0.2) is 8.42 Å². The number of carbonyl (C=O) groups excluding carboxylic acids is 2. The molecule has 0 bridgehead atoms. The molecule has 2 aromatic rings. The van der Waals surface area contributed by atoms with Gasteiger partial charge in [-0.1, -0.05) is 61.7 Å². The molecule has 0 aliphatic rings. The van der Waals surface area contributed by atoms with E-state index in [1.54, 1.807) is 36.4 Å². The number of aryl methyl sites for hydroxylation is 1. The zero-order chi connectivity index (χ0) is 27.6. The summed E-state index contributed by atoms with van der Waals surface area (Å²) in [7, 11) is -3.54. The fraction of sp³-hybridized carbons (Fsp3) is 0.481. The summed E-state index contributed by atoms with van der Waals surface area (Å²) in [5.74, 6) is -0.465. The first-order valence-corrected chi connectivity index (χ1v) is 15.1. The third-order valence-corrected chi connectivity index (χ3v) is 7.79. The molecule has 0 aliphatic heterocycles. The van der Waals surface area contributed by atoms with E-state index in [0.29, 0.717) is 40.7 Å². The maximum Gasteiger partial charge on any atom is 0.242 e. The van der Waals surface area contributed by atoms with Gasteiger partial charge in [0.2, 0.25) is 21.8 Å². The molecule has 0 spiro atoms. The fourth-order valence-corrected chi connectivity index (χ4v) is 5.47. The predicted octanol–water partition coefficient (Wildman–Crippen LogP) is 5.57. The van der Waals surface area contributed by atoms with Gasteiger partial charge in [-0.2, -0.15) is 0 Å². The summed E-state index contributed by atoms with van der Waals surface area (Å²) >= 11 is 12.4. The van der Waals surface area contributed by atoms with Gasteiger partial charge in [-0.3, -0.25) is 13.9 Å². The van der Waals surface area contributed by atoms with Gasteiger partial charge in [0.05, 0.1) is 11.9 Å². The maximum absolute atomic E-state index is 13.5. The van der Waals surface area contributed by atoms with Crippen LogP contribution in [0.1, 0.15) is 57.1 Å². The Balaban J connectivity index is 2.23. The normalized spacial score (nSPS) is 12.2. The Hall–Kier alpha value is -2.29. The first kappa shape index (κ1) is 30.9. The zero-order valence-electron chi connectivity index (χ0n) is 22.0. The van der Waals surface area contributed by atoms with E-state index in [1.165, 1.54) is 9.21 Å². The molecule has 2 aromatic carbocycles. The van der Waals surface area contributed by atoms with Crippen LogP contribution in [0.3, 0.4) is 0 Å². The second-order valence-corrected chi connectivity index (χ2v) is 11.9. The first-order valence-electron chi connectivity index (χ1n) is 12.5. The highest BCUT2D eigenvalue weighted by Gasteiger charge is 2.29. The largest absolute Gasteiger partial charge is 0.354 e. The van der Waals surface area contributed by atoms with Crippen molar-refractivity contribution >= 4 is 50.7 Å². The Bertz CT molecular complexity index is 1170. The molecule has 1 atom stereocenters. The summed E-state index contributed by atoms with van der Waals surface area (Å²) < 4.78 is 26.3. The molecule has 1 N–H and O–H groups in total. The number of benzene rings is 2. The summed E-state index contributed by atoms with van der Waals surface area (Å²) in [6, 6.07) is 11.6. The Morgan fingerprint density at radius 3 is 2.38 bits per heavy atom. The lowest BCUT2D eigenvalue weighted by atomic mass is 10.1. The highest BCUT2D eigenvalue weighted by atomic mass is 35.5. The average molecular weight is 571 g/mol. The van der Waals surface area contributed by atoms with Crippen molar-refractivity contribution in [2.45, 2.75) is 65.5 Å². The van der Waals surface area contributed by atoms with Gasteiger partial charge in [-0.15, -0.1) is 0 Å². The van der Waals surface area contributed by atoms with Crippen molar-refractivity contribution in [2.75, 3.05) is 23.7 Å². The number of nitrogens with zero attached hydrogens (tertiary/aromatic N) is 2. The molecule has 0 saturated carbocycles. The number of rotatable bonds is 14. The topological polar surface area (TPSA) is 86.8 Å². The summed E-state index contributed by atoms with van der Waals surface area (Å²) in [4.78, 5) is 28.0. The number of sulfonamides is 1.